The third-order valence-corrected chi connectivity index (χ3v) is 4.85. The Morgan fingerprint density at radius 3 is 2.73 bits per heavy atom. The first-order valence-corrected chi connectivity index (χ1v) is 8.90. The Morgan fingerprint density at radius 2 is 1.88 bits per heavy atom. The highest BCUT2D eigenvalue weighted by Crippen LogP contribution is 2.33. The summed E-state index contributed by atoms with van der Waals surface area (Å²) in [7, 11) is 0. The van der Waals surface area contributed by atoms with E-state index in [1.165, 1.54) is 6.08 Å². The molecule has 2 nitrogen and oxygen atoms in total. The summed E-state index contributed by atoms with van der Waals surface area (Å²) in [5, 5.41) is 3.13. The lowest BCUT2D eigenvalue weighted by molar-refractivity contribution is 0.104. The van der Waals surface area contributed by atoms with Crippen LogP contribution in [0.4, 0.5) is 0 Å². The molecule has 26 heavy (non-hydrogen) atoms. The van der Waals surface area contributed by atoms with Crippen LogP contribution < -0.4 is 4.74 Å². The fourth-order valence-electron chi connectivity index (χ4n) is 3.00. The Balaban J connectivity index is 1.65. The molecule has 3 aromatic carbocycles. The lowest BCUT2D eigenvalue weighted by Gasteiger charge is -2.18. The van der Waals surface area contributed by atoms with E-state index in [-0.39, 0.29) is 5.78 Å². The molecule has 0 N–H and O–H groups in total. The van der Waals surface area contributed by atoms with Crippen molar-refractivity contribution in [3.8, 4) is 5.75 Å². The first-order valence-electron chi connectivity index (χ1n) is 8.14. The SMILES string of the molecule is O=C(/C=C/C1=Cc2c(ccc3ccccc23)OC1)c1ccc(Cl)cc1Cl. The number of ketones is 1. The predicted molar refractivity (Wildman–Crippen MR) is 107 cm³/mol. The predicted octanol–water partition coefficient (Wildman–Crippen LogP) is 6.36. The number of hydrogen-bond donors (Lipinski definition) is 0. The van der Waals surface area contributed by atoms with Crippen molar-refractivity contribution >= 4 is 45.8 Å². The van der Waals surface area contributed by atoms with Crippen LogP contribution in [0.5, 0.6) is 5.75 Å². The second kappa shape index (κ2) is 6.99. The Bertz CT molecular complexity index is 1080. The van der Waals surface area contributed by atoms with Gasteiger partial charge in [0.15, 0.2) is 5.78 Å². The summed E-state index contributed by atoms with van der Waals surface area (Å²) >= 11 is 12.0. The molecule has 0 unspecified atom stereocenters. The van der Waals surface area contributed by atoms with Gasteiger partial charge in [-0.15, -0.1) is 0 Å². The molecule has 0 saturated carbocycles. The highest BCUT2D eigenvalue weighted by molar-refractivity contribution is 6.37. The molecule has 0 saturated heterocycles. The van der Waals surface area contributed by atoms with Crippen molar-refractivity contribution in [2.24, 2.45) is 0 Å². The Labute approximate surface area is 161 Å². The van der Waals surface area contributed by atoms with E-state index >= 15 is 0 Å². The molecule has 0 aliphatic carbocycles. The molecule has 1 aliphatic rings. The van der Waals surface area contributed by atoms with Gasteiger partial charge in [0.1, 0.15) is 12.4 Å². The molecule has 4 heteroatoms. The van der Waals surface area contributed by atoms with Crippen molar-refractivity contribution in [2.45, 2.75) is 0 Å². The first-order chi connectivity index (χ1) is 12.6. The molecule has 0 spiro atoms. The smallest absolute Gasteiger partial charge is 0.187 e. The third-order valence-electron chi connectivity index (χ3n) is 4.30. The number of allylic oxidation sites excluding steroid dienone is 1. The second-order valence-corrected chi connectivity index (χ2v) is 6.87. The fourth-order valence-corrected chi connectivity index (χ4v) is 3.50. The minimum Gasteiger partial charge on any atom is -0.488 e. The largest absolute Gasteiger partial charge is 0.488 e. The summed E-state index contributed by atoms with van der Waals surface area (Å²) in [4.78, 5) is 12.4. The van der Waals surface area contributed by atoms with E-state index in [0.717, 1.165) is 27.7 Å². The van der Waals surface area contributed by atoms with Crippen LogP contribution in [0.15, 0.2) is 72.3 Å². The van der Waals surface area contributed by atoms with Gasteiger partial charge in [0.05, 0.1) is 5.02 Å². The van der Waals surface area contributed by atoms with E-state index in [2.05, 4.69) is 24.3 Å². The van der Waals surface area contributed by atoms with Crippen molar-refractivity contribution in [1.29, 1.82) is 0 Å². The zero-order valence-electron chi connectivity index (χ0n) is 13.7. The maximum absolute atomic E-state index is 12.4. The monoisotopic (exact) mass is 380 g/mol. The highest BCUT2D eigenvalue weighted by atomic mass is 35.5. The fraction of sp³-hybridized carbons (Fsp3) is 0.0455. The van der Waals surface area contributed by atoms with Crippen LogP contribution in [0.3, 0.4) is 0 Å². The summed E-state index contributed by atoms with van der Waals surface area (Å²) < 4.78 is 5.85. The molecular formula is C22H14Cl2O2. The van der Waals surface area contributed by atoms with Crippen LogP contribution in [0.25, 0.3) is 16.8 Å². The molecule has 0 fully saturated rings. The number of carbonyl (C=O) groups is 1. The van der Waals surface area contributed by atoms with Crippen LogP contribution in [0.1, 0.15) is 15.9 Å². The highest BCUT2D eigenvalue weighted by Gasteiger charge is 2.13. The van der Waals surface area contributed by atoms with E-state index in [4.69, 9.17) is 27.9 Å². The maximum Gasteiger partial charge on any atom is 0.187 e. The van der Waals surface area contributed by atoms with Crippen LogP contribution >= 0.6 is 23.2 Å². The number of ether oxygens (including phenoxy) is 1. The summed E-state index contributed by atoms with van der Waals surface area (Å²) in [5.74, 6) is 0.684. The van der Waals surface area contributed by atoms with Gasteiger partial charge in [-0.05, 0) is 52.8 Å². The standard InChI is InChI=1S/C22H14Cl2O2/c23-16-7-8-18(20(24)12-16)21(25)9-5-14-11-19-17-4-2-1-3-15(17)6-10-22(19)26-13-14/h1-12H,13H2/b9-5+. The van der Waals surface area contributed by atoms with Gasteiger partial charge in [-0.2, -0.15) is 0 Å². The molecule has 0 atom stereocenters. The second-order valence-electron chi connectivity index (χ2n) is 6.03. The van der Waals surface area contributed by atoms with E-state index in [1.807, 2.05) is 18.2 Å². The summed E-state index contributed by atoms with van der Waals surface area (Å²) in [5.41, 5.74) is 2.38. The van der Waals surface area contributed by atoms with Crippen molar-refractivity contribution in [3.05, 3.63) is 93.5 Å². The van der Waals surface area contributed by atoms with Gasteiger partial charge in [-0.3, -0.25) is 4.79 Å². The van der Waals surface area contributed by atoms with E-state index < -0.39 is 0 Å². The molecule has 1 heterocycles. The number of halogens is 2. The van der Waals surface area contributed by atoms with E-state index in [1.54, 1.807) is 24.3 Å². The molecular weight excluding hydrogens is 367 g/mol. The lowest BCUT2D eigenvalue weighted by atomic mass is 9.99. The zero-order valence-corrected chi connectivity index (χ0v) is 15.2. The number of hydrogen-bond acceptors (Lipinski definition) is 2. The van der Waals surface area contributed by atoms with Crippen molar-refractivity contribution in [2.75, 3.05) is 6.61 Å². The van der Waals surface area contributed by atoms with Gasteiger partial charge in [-0.1, -0.05) is 59.6 Å². The molecule has 128 valence electrons. The van der Waals surface area contributed by atoms with Gasteiger partial charge in [0.25, 0.3) is 0 Å². The van der Waals surface area contributed by atoms with Gasteiger partial charge < -0.3 is 4.74 Å². The van der Waals surface area contributed by atoms with Gasteiger partial charge in [-0.25, -0.2) is 0 Å². The minimum atomic E-state index is -0.170. The summed E-state index contributed by atoms with van der Waals surface area (Å²) in [6.45, 7) is 0.420. The topological polar surface area (TPSA) is 26.3 Å². The normalized spacial score (nSPS) is 13.4. The van der Waals surface area contributed by atoms with E-state index in [0.29, 0.717) is 22.2 Å². The Kier molecular flexibility index (Phi) is 4.54. The van der Waals surface area contributed by atoms with Crippen LogP contribution in [0, 0.1) is 0 Å². The summed E-state index contributed by atoms with van der Waals surface area (Å²) in [6, 6.07) is 17.0. The van der Waals surface area contributed by atoms with Gasteiger partial charge >= 0.3 is 0 Å². The number of benzene rings is 3. The molecule has 0 amide bonds. The number of fused-ring (bicyclic) bond motifs is 3. The number of carbonyl (C=O) groups excluding carboxylic acids is 1. The molecule has 0 aromatic heterocycles. The van der Waals surface area contributed by atoms with Crippen LogP contribution in [-0.4, -0.2) is 12.4 Å². The average molecular weight is 381 g/mol. The van der Waals surface area contributed by atoms with Gasteiger partial charge in [0.2, 0.25) is 0 Å². The average Bonchev–Trinajstić information content (AvgIpc) is 2.66. The quantitative estimate of drug-likeness (QED) is 0.390. The van der Waals surface area contributed by atoms with Crippen molar-refractivity contribution in [3.63, 3.8) is 0 Å². The summed E-state index contributed by atoms with van der Waals surface area (Å²) in [6.07, 6.45) is 5.35. The first kappa shape index (κ1) is 16.9. The van der Waals surface area contributed by atoms with Crippen molar-refractivity contribution < 1.29 is 9.53 Å². The zero-order chi connectivity index (χ0) is 18.1. The Morgan fingerprint density at radius 1 is 1.04 bits per heavy atom. The molecule has 1 aliphatic heterocycles. The molecule has 0 bridgehead atoms. The molecule has 3 aromatic rings. The van der Waals surface area contributed by atoms with Crippen molar-refractivity contribution in [1.82, 2.24) is 0 Å². The van der Waals surface area contributed by atoms with Crippen LogP contribution in [0.2, 0.25) is 10.0 Å². The van der Waals surface area contributed by atoms with Crippen LogP contribution in [-0.2, 0) is 0 Å². The molecule has 4 rings (SSSR count). The lowest BCUT2D eigenvalue weighted by Crippen LogP contribution is -2.06. The number of rotatable bonds is 3. The van der Waals surface area contributed by atoms with E-state index in [9.17, 15) is 4.79 Å². The third kappa shape index (κ3) is 3.26. The minimum absolute atomic E-state index is 0.170. The Hall–Kier alpha value is -2.55. The molecule has 0 radical (unpaired) electrons. The maximum atomic E-state index is 12.4. The van der Waals surface area contributed by atoms with Gasteiger partial charge in [0, 0.05) is 16.1 Å².